The van der Waals surface area contributed by atoms with Crippen LogP contribution in [0.3, 0.4) is 0 Å². The lowest BCUT2D eigenvalue weighted by Crippen LogP contribution is -2.31. The lowest BCUT2D eigenvalue weighted by Gasteiger charge is -2.10. The van der Waals surface area contributed by atoms with Crippen molar-refractivity contribution in [2.24, 2.45) is 0 Å². The summed E-state index contributed by atoms with van der Waals surface area (Å²) in [4.78, 5) is 0. The number of hydrogen-bond donors (Lipinski definition) is 2. The monoisotopic (exact) mass is 341 g/mol. The molecule has 4 nitrogen and oxygen atoms in total. The van der Waals surface area contributed by atoms with Gasteiger partial charge in [0, 0.05) is 6.54 Å². The van der Waals surface area contributed by atoms with Gasteiger partial charge in [-0.1, -0.05) is 13.3 Å². The van der Waals surface area contributed by atoms with Gasteiger partial charge < -0.3 is 5.11 Å². The molecule has 0 aliphatic rings. The lowest BCUT2D eigenvalue weighted by molar-refractivity contribution is 0.167. The minimum Gasteiger partial charge on any atom is -0.392 e. The van der Waals surface area contributed by atoms with Crippen LogP contribution in [-0.4, -0.2) is 26.2 Å². The number of thiophene rings is 1. The summed E-state index contributed by atoms with van der Waals surface area (Å²) in [5.41, 5.74) is 0.893. The van der Waals surface area contributed by atoms with E-state index < -0.39 is 16.1 Å². The molecule has 0 spiro atoms. The number of halogens is 1. The zero-order valence-corrected chi connectivity index (χ0v) is 13.0. The van der Waals surface area contributed by atoms with E-state index in [4.69, 9.17) is 0 Å². The maximum atomic E-state index is 11.9. The second kappa shape index (κ2) is 6.29. The van der Waals surface area contributed by atoms with Gasteiger partial charge in [-0.05, 0) is 40.9 Å². The summed E-state index contributed by atoms with van der Waals surface area (Å²) in [6.07, 6.45) is 0.793. The maximum absolute atomic E-state index is 11.9. The molecule has 0 saturated carbocycles. The first-order chi connectivity index (χ1) is 7.86. The molecule has 1 atom stereocenters. The SMILES string of the molecule is CCCC(O)CNS(=O)(=O)c1cc(C)c(Br)s1. The Morgan fingerprint density at radius 3 is 2.71 bits per heavy atom. The van der Waals surface area contributed by atoms with Gasteiger partial charge in [0.2, 0.25) is 10.0 Å². The minimum atomic E-state index is -3.50. The van der Waals surface area contributed by atoms with E-state index in [1.54, 1.807) is 6.07 Å². The van der Waals surface area contributed by atoms with E-state index in [0.29, 0.717) is 6.42 Å². The molecule has 0 aromatic carbocycles. The molecule has 0 radical (unpaired) electrons. The normalized spacial score (nSPS) is 13.9. The molecule has 17 heavy (non-hydrogen) atoms. The Labute approximate surface area is 114 Å². The van der Waals surface area contributed by atoms with Crippen molar-refractivity contribution in [3.8, 4) is 0 Å². The van der Waals surface area contributed by atoms with Crippen LogP contribution in [0.2, 0.25) is 0 Å². The van der Waals surface area contributed by atoms with Gasteiger partial charge >= 0.3 is 0 Å². The number of sulfonamides is 1. The van der Waals surface area contributed by atoms with Crippen LogP contribution in [0.25, 0.3) is 0 Å². The van der Waals surface area contributed by atoms with E-state index in [9.17, 15) is 13.5 Å². The number of hydrogen-bond acceptors (Lipinski definition) is 4. The van der Waals surface area contributed by atoms with Crippen LogP contribution in [0.1, 0.15) is 25.3 Å². The molecule has 0 bridgehead atoms. The van der Waals surface area contributed by atoms with Gasteiger partial charge in [-0.25, -0.2) is 13.1 Å². The second-order valence-electron chi connectivity index (χ2n) is 3.82. The quantitative estimate of drug-likeness (QED) is 0.833. The van der Waals surface area contributed by atoms with E-state index in [1.165, 1.54) is 11.3 Å². The Balaban J connectivity index is 2.69. The molecular weight excluding hydrogens is 326 g/mol. The number of rotatable bonds is 6. The van der Waals surface area contributed by atoms with Crippen molar-refractivity contribution in [2.45, 2.75) is 37.0 Å². The fourth-order valence-corrected chi connectivity index (χ4v) is 4.62. The van der Waals surface area contributed by atoms with Gasteiger partial charge in [0.1, 0.15) is 4.21 Å². The van der Waals surface area contributed by atoms with E-state index in [2.05, 4.69) is 20.7 Å². The largest absolute Gasteiger partial charge is 0.392 e. The first-order valence-electron chi connectivity index (χ1n) is 5.30. The molecule has 0 amide bonds. The van der Waals surface area contributed by atoms with Crippen molar-refractivity contribution in [1.82, 2.24) is 4.72 Å². The van der Waals surface area contributed by atoms with Crippen molar-refractivity contribution in [3.05, 3.63) is 15.4 Å². The second-order valence-corrected chi connectivity index (χ2v) is 8.18. The highest BCUT2D eigenvalue weighted by molar-refractivity contribution is 9.11. The molecular formula is C10H16BrNO3S2. The first-order valence-corrected chi connectivity index (χ1v) is 8.39. The van der Waals surface area contributed by atoms with Crippen LogP contribution in [0.15, 0.2) is 14.1 Å². The third-order valence-electron chi connectivity index (χ3n) is 2.23. The van der Waals surface area contributed by atoms with Gasteiger partial charge in [0.25, 0.3) is 0 Å². The average Bonchev–Trinajstić information content (AvgIpc) is 2.58. The van der Waals surface area contributed by atoms with Crippen LogP contribution in [-0.2, 0) is 10.0 Å². The molecule has 7 heteroatoms. The highest BCUT2D eigenvalue weighted by Gasteiger charge is 2.19. The topological polar surface area (TPSA) is 66.4 Å². The van der Waals surface area contributed by atoms with E-state index >= 15 is 0 Å². The standard InChI is InChI=1S/C10H16BrNO3S2/c1-3-4-8(13)6-12-17(14,15)9-5-7(2)10(11)16-9/h5,8,12-13H,3-4,6H2,1-2H3. The molecule has 0 saturated heterocycles. The summed E-state index contributed by atoms with van der Waals surface area (Å²) in [5, 5.41) is 9.49. The van der Waals surface area contributed by atoms with Gasteiger partial charge in [-0.3, -0.25) is 0 Å². The summed E-state index contributed by atoms with van der Waals surface area (Å²) in [5.74, 6) is 0. The van der Waals surface area contributed by atoms with Crippen LogP contribution < -0.4 is 4.72 Å². The van der Waals surface area contributed by atoms with Crippen molar-refractivity contribution in [3.63, 3.8) is 0 Å². The highest BCUT2D eigenvalue weighted by atomic mass is 79.9. The molecule has 0 fully saturated rings. The molecule has 98 valence electrons. The van der Waals surface area contributed by atoms with Crippen molar-refractivity contribution >= 4 is 37.3 Å². The predicted molar refractivity (Wildman–Crippen MR) is 72.9 cm³/mol. The van der Waals surface area contributed by atoms with Crippen molar-refractivity contribution in [2.75, 3.05) is 6.54 Å². The summed E-state index contributed by atoms with van der Waals surface area (Å²) in [7, 11) is -3.50. The fourth-order valence-electron chi connectivity index (χ4n) is 1.28. The maximum Gasteiger partial charge on any atom is 0.250 e. The van der Waals surface area contributed by atoms with Gasteiger partial charge in [-0.15, -0.1) is 11.3 Å². The Kier molecular flexibility index (Phi) is 5.59. The van der Waals surface area contributed by atoms with Crippen LogP contribution >= 0.6 is 27.3 Å². The minimum absolute atomic E-state index is 0.0603. The highest BCUT2D eigenvalue weighted by Crippen LogP contribution is 2.30. The Morgan fingerprint density at radius 1 is 1.59 bits per heavy atom. The molecule has 1 unspecified atom stereocenters. The molecule has 1 aromatic heterocycles. The Morgan fingerprint density at radius 2 is 2.24 bits per heavy atom. The Bertz CT molecular complexity index is 450. The zero-order valence-electron chi connectivity index (χ0n) is 9.73. The Hall–Kier alpha value is 0.0500. The average molecular weight is 342 g/mol. The molecule has 1 rings (SSSR count). The molecule has 0 aliphatic carbocycles. The molecule has 0 aliphatic heterocycles. The third kappa shape index (κ3) is 4.33. The predicted octanol–water partition coefficient (Wildman–Crippen LogP) is 2.26. The number of aliphatic hydroxyl groups excluding tert-OH is 1. The fraction of sp³-hybridized carbons (Fsp3) is 0.600. The zero-order chi connectivity index (χ0) is 13.1. The van der Waals surface area contributed by atoms with E-state index in [1.807, 2.05) is 13.8 Å². The summed E-state index contributed by atoms with van der Waals surface area (Å²) < 4.78 is 27.2. The van der Waals surface area contributed by atoms with Gasteiger partial charge in [-0.2, -0.15) is 0 Å². The van der Waals surface area contributed by atoms with E-state index in [-0.39, 0.29) is 10.8 Å². The van der Waals surface area contributed by atoms with Crippen molar-refractivity contribution in [1.29, 1.82) is 0 Å². The number of aliphatic hydroxyl groups is 1. The first kappa shape index (κ1) is 15.1. The summed E-state index contributed by atoms with van der Waals surface area (Å²) >= 11 is 4.46. The lowest BCUT2D eigenvalue weighted by atomic mass is 10.2. The van der Waals surface area contributed by atoms with Crippen LogP contribution in [0.4, 0.5) is 0 Å². The van der Waals surface area contributed by atoms with Gasteiger partial charge in [0.15, 0.2) is 0 Å². The van der Waals surface area contributed by atoms with Crippen LogP contribution in [0, 0.1) is 6.92 Å². The van der Waals surface area contributed by atoms with Crippen LogP contribution in [0.5, 0.6) is 0 Å². The third-order valence-corrected chi connectivity index (χ3v) is 6.26. The smallest absolute Gasteiger partial charge is 0.250 e. The number of aryl methyl sites for hydroxylation is 1. The van der Waals surface area contributed by atoms with Crippen molar-refractivity contribution < 1.29 is 13.5 Å². The summed E-state index contributed by atoms with van der Waals surface area (Å²) in [6, 6.07) is 1.61. The van der Waals surface area contributed by atoms with Gasteiger partial charge in [0.05, 0.1) is 9.89 Å². The molecule has 2 N–H and O–H groups in total. The number of nitrogens with one attached hydrogen (secondary N) is 1. The molecule has 1 heterocycles. The van der Waals surface area contributed by atoms with E-state index in [0.717, 1.165) is 15.8 Å². The summed E-state index contributed by atoms with van der Waals surface area (Å²) in [6.45, 7) is 3.84. The molecule has 1 aromatic rings.